The number of carbonyl (C=O) groups is 1. The third-order valence-corrected chi connectivity index (χ3v) is 2.05. The van der Waals surface area contributed by atoms with Gasteiger partial charge in [-0.3, -0.25) is 4.79 Å². The van der Waals surface area contributed by atoms with Gasteiger partial charge in [0.2, 0.25) is 5.91 Å². The molecule has 0 aliphatic carbocycles. The van der Waals surface area contributed by atoms with Crippen LogP contribution < -0.4 is 10.6 Å². The number of hydrogen-bond acceptors (Lipinski definition) is 3. The lowest BCUT2D eigenvalue weighted by molar-refractivity contribution is -0.120. The summed E-state index contributed by atoms with van der Waals surface area (Å²) in [4.78, 5) is 11.3. The normalized spacial score (nSPS) is 13.9. The zero-order valence-corrected chi connectivity index (χ0v) is 11.1. The number of aliphatic hydroxyl groups is 1. The van der Waals surface area contributed by atoms with Crippen LogP contribution in [0, 0.1) is 5.41 Å². The Morgan fingerprint density at radius 1 is 1.31 bits per heavy atom. The van der Waals surface area contributed by atoms with Gasteiger partial charge >= 0.3 is 0 Å². The summed E-state index contributed by atoms with van der Waals surface area (Å²) in [6, 6.07) is 0.297. The number of hydrogen-bond donors (Lipinski definition) is 3. The SMILES string of the molecule is CC(C)NCC(=O)NCC(O)CC(C)(C)C. The Balaban J connectivity index is 3.67. The van der Waals surface area contributed by atoms with E-state index in [1.165, 1.54) is 0 Å². The van der Waals surface area contributed by atoms with Crippen LogP contribution in [0.5, 0.6) is 0 Å². The van der Waals surface area contributed by atoms with Crippen LogP contribution in [-0.2, 0) is 4.79 Å². The zero-order valence-electron chi connectivity index (χ0n) is 11.1. The fourth-order valence-corrected chi connectivity index (χ4v) is 1.37. The number of nitrogens with one attached hydrogen (secondary N) is 2. The Labute approximate surface area is 98.8 Å². The quantitative estimate of drug-likeness (QED) is 0.635. The van der Waals surface area contributed by atoms with E-state index in [1.54, 1.807) is 0 Å². The van der Waals surface area contributed by atoms with Gasteiger partial charge in [-0.05, 0) is 11.8 Å². The van der Waals surface area contributed by atoms with Crippen molar-refractivity contribution in [3.63, 3.8) is 0 Å². The van der Waals surface area contributed by atoms with E-state index < -0.39 is 6.10 Å². The van der Waals surface area contributed by atoms with E-state index >= 15 is 0 Å². The van der Waals surface area contributed by atoms with Gasteiger partial charge in [0.1, 0.15) is 0 Å². The van der Waals surface area contributed by atoms with Crippen LogP contribution in [0.15, 0.2) is 0 Å². The van der Waals surface area contributed by atoms with Crippen molar-refractivity contribution >= 4 is 5.91 Å². The molecular weight excluding hydrogens is 204 g/mol. The molecule has 0 aromatic rings. The van der Waals surface area contributed by atoms with Crippen LogP contribution in [-0.4, -0.2) is 36.2 Å². The summed E-state index contributed by atoms with van der Waals surface area (Å²) in [5, 5.41) is 15.4. The second-order valence-electron chi connectivity index (χ2n) is 5.76. The van der Waals surface area contributed by atoms with Crippen LogP contribution >= 0.6 is 0 Å². The average molecular weight is 230 g/mol. The summed E-state index contributed by atoms with van der Waals surface area (Å²) < 4.78 is 0. The first-order valence-corrected chi connectivity index (χ1v) is 5.89. The first-order chi connectivity index (χ1) is 7.20. The largest absolute Gasteiger partial charge is 0.391 e. The van der Waals surface area contributed by atoms with Crippen molar-refractivity contribution in [1.29, 1.82) is 0 Å². The van der Waals surface area contributed by atoms with Gasteiger partial charge < -0.3 is 15.7 Å². The topological polar surface area (TPSA) is 61.4 Å². The van der Waals surface area contributed by atoms with E-state index in [-0.39, 0.29) is 11.3 Å². The standard InChI is InChI=1S/C12H26N2O2/c1-9(2)13-8-11(16)14-7-10(15)6-12(3,4)5/h9-10,13,15H,6-8H2,1-5H3,(H,14,16). The predicted molar refractivity (Wildman–Crippen MR) is 66.2 cm³/mol. The lowest BCUT2D eigenvalue weighted by Crippen LogP contribution is -2.40. The molecule has 0 bridgehead atoms. The summed E-state index contributed by atoms with van der Waals surface area (Å²) in [5.41, 5.74) is 0.0837. The summed E-state index contributed by atoms with van der Waals surface area (Å²) in [7, 11) is 0. The molecule has 0 aliphatic heterocycles. The summed E-state index contributed by atoms with van der Waals surface area (Å²) in [5.74, 6) is -0.0679. The third-order valence-electron chi connectivity index (χ3n) is 2.05. The molecule has 0 saturated heterocycles. The predicted octanol–water partition coefficient (Wildman–Crippen LogP) is 0.898. The van der Waals surface area contributed by atoms with Crippen molar-refractivity contribution in [1.82, 2.24) is 10.6 Å². The molecule has 0 spiro atoms. The van der Waals surface area contributed by atoms with Crippen LogP contribution in [0.25, 0.3) is 0 Å². The second kappa shape index (κ2) is 6.86. The van der Waals surface area contributed by atoms with Gasteiger partial charge in [-0.2, -0.15) is 0 Å². The van der Waals surface area contributed by atoms with E-state index in [2.05, 4.69) is 31.4 Å². The molecule has 0 aromatic heterocycles. The van der Waals surface area contributed by atoms with Crippen molar-refractivity contribution in [3.8, 4) is 0 Å². The Kier molecular flexibility index (Phi) is 6.60. The zero-order chi connectivity index (χ0) is 12.8. The maximum absolute atomic E-state index is 11.3. The molecule has 0 fully saturated rings. The molecule has 3 N–H and O–H groups in total. The minimum Gasteiger partial charge on any atom is -0.391 e. The molecule has 0 radical (unpaired) electrons. The van der Waals surface area contributed by atoms with Gasteiger partial charge in [-0.1, -0.05) is 34.6 Å². The van der Waals surface area contributed by atoms with E-state index in [9.17, 15) is 9.90 Å². The molecule has 0 aromatic carbocycles. The van der Waals surface area contributed by atoms with E-state index in [1.807, 2.05) is 13.8 Å². The molecule has 96 valence electrons. The van der Waals surface area contributed by atoms with Gasteiger partial charge in [0, 0.05) is 12.6 Å². The van der Waals surface area contributed by atoms with Crippen LogP contribution in [0.4, 0.5) is 0 Å². The van der Waals surface area contributed by atoms with E-state index in [0.29, 0.717) is 25.6 Å². The molecule has 4 nitrogen and oxygen atoms in total. The molecule has 1 amide bonds. The number of amides is 1. The minimum atomic E-state index is -0.469. The Morgan fingerprint density at radius 3 is 2.31 bits per heavy atom. The molecule has 0 rings (SSSR count). The number of rotatable bonds is 6. The highest BCUT2D eigenvalue weighted by atomic mass is 16.3. The lowest BCUT2D eigenvalue weighted by atomic mass is 9.89. The van der Waals surface area contributed by atoms with Crippen molar-refractivity contribution in [2.75, 3.05) is 13.1 Å². The average Bonchev–Trinajstić information content (AvgIpc) is 2.08. The summed E-state index contributed by atoms with van der Waals surface area (Å²) in [6.45, 7) is 10.8. The monoisotopic (exact) mass is 230 g/mol. The highest BCUT2D eigenvalue weighted by Crippen LogP contribution is 2.20. The lowest BCUT2D eigenvalue weighted by Gasteiger charge is -2.22. The molecule has 1 unspecified atom stereocenters. The van der Waals surface area contributed by atoms with Crippen LogP contribution in [0.2, 0.25) is 0 Å². The Morgan fingerprint density at radius 2 is 1.88 bits per heavy atom. The summed E-state index contributed by atoms with van der Waals surface area (Å²) >= 11 is 0. The smallest absolute Gasteiger partial charge is 0.234 e. The Hall–Kier alpha value is -0.610. The minimum absolute atomic E-state index is 0.0679. The van der Waals surface area contributed by atoms with Gasteiger partial charge in [0.25, 0.3) is 0 Å². The first-order valence-electron chi connectivity index (χ1n) is 5.89. The fraction of sp³-hybridized carbons (Fsp3) is 0.917. The number of aliphatic hydroxyl groups excluding tert-OH is 1. The molecule has 4 heteroatoms. The highest BCUT2D eigenvalue weighted by molar-refractivity contribution is 5.78. The van der Waals surface area contributed by atoms with Crippen molar-refractivity contribution in [3.05, 3.63) is 0 Å². The van der Waals surface area contributed by atoms with Crippen LogP contribution in [0.3, 0.4) is 0 Å². The van der Waals surface area contributed by atoms with Gasteiger partial charge in [-0.15, -0.1) is 0 Å². The van der Waals surface area contributed by atoms with Crippen molar-refractivity contribution < 1.29 is 9.90 Å². The van der Waals surface area contributed by atoms with Crippen LogP contribution in [0.1, 0.15) is 41.0 Å². The molecule has 1 atom stereocenters. The molecule has 0 saturated carbocycles. The van der Waals surface area contributed by atoms with Gasteiger partial charge in [0.15, 0.2) is 0 Å². The van der Waals surface area contributed by atoms with Crippen molar-refractivity contribution in [2.24, 2.45) is 5.41 Å². The molecule has 0 aliphatic rings. The maximum atomic E-state index is 11.3. The van der Waals surface area contributed by atoms with E-state index in [0.717, 1.165) is 0 Å². The first kappa shape index (κ1) is 15.4. The van der Waals surface area contributed by atoms with E-state index in [4.69, 9.17) is 0 Å². The summed E-state index contributed by atoms with van der Waals surface area (Å²) in [6.07, 6.45) is 0.216. The highest BCUT2D eigenvalue weighted by Gasteiger charge is 2.16. The van der Waals surface area contributed by atoms with Crippen molar-refractivity contribution in [2.45, 2.75) is 53.2 Å². The van der Waals surface area contributed by atoms with Gasteiger partial charge in [-0.25, -0.2) is 0 Å². The molecule has 0 heterocycles. The third kappa shape index (κ3) is 9.93. The number of carbonyl (C=O) groups excluding carboxylic acids is 1. The Bertz CT molecular complexity index is 210. The fourth-order valence-electron chi connectivity index (χ4n) is 1.37. The second-order valence-corrected chi connectivity index (χ2v) is 5.76. The van der Waals surface area contributed by atoms with Gasteiger partial charge in [0.05, 0.1) is 12.6 Å². The molecule has 16 heavy (non-hydrogen) atoms. The molecular formula is C12H26N2O2. The maximum Gasteiger partial charge on any atom is 0.234 e.